The Bertz CT molecular complexity index is 501. The first-order valence-electron chi connectivity index (χ1n) is 5.10. The summed E-state index contributed by atoms with van der Waals surface area (Å²) in [5, 5.41) is 18.7. The predicted octanol–water partition coefficient (Wildman–Crippen LogP) is 1.78. The Balaban J connectivity index is 3.42. The van der Waals surface area contributed by atoms with Crippen LogP contribution in [0.25, 0.3) is 0 Å². The van der Waals surface area contributed by atoms with E-state index in [4.69, 9.17) is 5.26 Å². The fourth-order valence-electron chi connectivity index (χ4n) is 1.52. The first-order chi connectivity index (χ1) is 7.26. The van der Waals surface area contributed by atoms with Crippen LogP contribution in [0, 0.1) is 23.7 Å². The summed E-state index contributed by atoms with van der Waals surface area (Å²) in [5.41, 5.74) is 0.270. The molecule has 0 amide bonds. The van der Waals surface area contributed by atoms with Crippen molar-refractivity contribution < 1.29 is 5.11 Å². The molecule has 0 unspecified atom stereocenters. The summed E-state index contributed by atoms with van der Waals surface area (Å²) in [7, 11) is 0. The molecule has 1 aromatic rings. The summed E-state index contributed by atoms with van der Waals surface area (Å²) in [4.78, 5) is 11.7. The molecule has 4 heteroatoms. The van der Waals surface area contributed by atoms with Gasteiger partial charge in [0.1, 0.15) is 11.6 Å². The third-order valence-corrected chi connectivity index (χ3v) is 2.22. The van der Waals surface area contributed by atoms with Crippen molar-refractivity contribution in [3.63, 3.8) is 0 Å². The van der Waals surface area contributed by atoms with Crippen molar-refractivity contribution in [3.8, 4) is 11.9 Å². The van der Waals surface area contributed by atoms with Crippen molar-refractivity contribution in [2.45, 2.75) is 34.2 Å². The molecule has 1 N–H and O–H groups in total. The predicted molar refractivity (Wildman–Crippen MR) is 61.3 cm³/mol. The summed E-state index contributed by atoms with van der Waals surface area (Å²) in [6, 6.07) is 3.29. The molecule has 0 fully saturated rings. The second-order valence-electron chi connectivity index (χ2n) is 5.12. The number of hydrogen-bond donors (Lipinski definition) is 1. The average molecular weight is 220 g/mol. The van der Waals surface area contributed by atoms with Gasteiger partial charge in [0.25, 0.3) is 5.56 Å². The molecule has 0 aliphatic carbocycles. The van der Waals surface area contributed by atoms with Gasteiger partial charge in [-0.15, -0.1) is 0 Å². The van der Waals surface area contributed by atoms with Gasteiger partial charge >= 0.3 is 0 Å². The van der Waals surface area contributed by atoms with E-state index < -0.39 is 0 Å². The normalized spacial score (nSPS) is 11.2. The highest BCUT2D eigenvalue weighted by Crippen LogP contribution is 2.22. The summed E-state index contributed by atoms with van der Waals surface area (Å²) < 4.78 is 1.24. The van der Waals surface area contributed by atoms with Gasteiger partial charge in [-0.25, -0.2) is 0 Å². The van der Waals surface area contributed by atoms with E-state index >= 15 is 0 Å². The largest absolute Gasteiger partial charge is 0.493 e. The lowest BCUT2D eigenvalue weighted by Gasteiger charge is -2.21. The molecule has 4 nitrogen and oxygen atoms in total. The molecule has 0 radical (unpaired) electrons. The van der Waals surface area contributed by atoms with Crippen LogP contribution in [0.1, 0.15) is 31.9 Å². The Morgan fingerprint density at radius 1 is 1.50 bits per heavy atom. The third-order valence-electron chi connectivity index (χ3n) is 2.22. The van der Waals surface area contributed by atoms with Gasteiger partial charge in [-0.3, -0.25) is 9.36 Å². The van der Waals surface area contributed by atoms with Gasteiger partial charge in [-0.1, -0.05) is 20.8 Å². The molecule has 0 saturated carbocycles. The molecule has 1 rings (SSSR count). The fraction of sp³-hybridized carbons (Fsp3) is 0.500. The monoisotopic (exact) mass is 220 g/mol. The SMILES string of the molecule is Cc1cc(=O)n(CC(C)(C)C)c(O)c1C#N. The van der Waals surface area contributed by atoms with Crippen molar-refractivity contribution in [1.82, 2.24) is 4.57 Å². The molecule has 0 atom stereocenters. The van der Waals surface area contributed by atoms with Gasteiger partial charge in [0.15, 0.2) is 0 Å². The minimum absolute atomic E-state index is 0.136. The standard InChI is InChI=1S/C12H16N2O2/c1-8-5-10(15)14(7-12(2,3)4)11(16)9(8)6-13/h5,16H,7H2,1-4H3. The minimum atomic E-state index is -0.274. The number of nitriles is 1. The quantitative estimate of drug-likeness (QED) is 0.784. The third kappa shape index (κ3) is 2.43. The van der Waals surface area contributed by atoms with Crippen LogP contribution in [-0.2, 0) is 6.54 Å². The Morgan fingerprint density at radius 2 is 2.06 bits per heavy atom. The highest BCUT2D eigenvalue weighted by molar-refractivity contribution is 5.43. The van der Waals surface area contributed by atoms with Crippen molar-refractivity contribution in [3.05, 3.63) is 27.5 Å². The van der Waals surface area contributed by atoms with E-state index in [0.717, 1.165) is 0 Å². The molecule has 1 heterocycles. The fourth-order valence-corrected chi connectivity index (χ4v) is 1.52. The van der Waals surface area contributed by atoms with Crippen LogP contribution in [0.2, 0.25) is 0 Å². The van der Waals surface area contributed by atoms with E-state index in [9.17, 15) is 9.90 Å². The molecular weight excluding hydrogens is 204 g/mol. The Morgan fingerprint density at radius 3 is 2.50 bits per heavy atom. The highest BCUT2D eigenvalue weighted by atomic mass is 16.3. The van der Waals surface area contributed by atoms with Crippen LogP contribution in [0.5, 0.6) is 5.88 Å². The van der Waals surface area contributed by atoms with Gasteiger partial charge in [0.05, 0.1) is 0 Å². The van der Waals surface area contributed by atoms with Crippen molar-refractivity contribution >= 4 is 0 Å². The first kappa shape index (κ1) is 12.3. The zero-order chi connectivity index (χ0) is 12.5. The number of aromatic hydroxyl groups is 1. The highest BCUT2D eigenvalue weighted by Gasteiger charge is 2.18. The number of pyridine rings is 1. The van der Waals surface area contributed by atoms with Gasteiger partial charge in [-0.2, -0.15) is 5.26 Å². The minimum Gasteiger partial charge on any atom is -0.493 e. The van der Waals surface area contributed by atoms with Crippen molar-refractivity contribution in [1.29, 1.82) is 5.26 Å². The summed E-state index contributed by atoms with van der Waals surface area (Å²) >= 11 is 0. The number of aromatic nitrogens is 1. The topological polar surface area (TPSA) is 66.0 Å². The molecule has 0 aliphatic rings. The van der Waals surface area contributed by atoms with Crippen LogP contribution in [0.4, 0.5) is 0 Å². The number of rotatable bonds is 1. The Labute approximate surface area is 94.8 Å². The van der Waals surface area contributed by atoms with Gasteiger partial charge < -0.3 is 5.11 Å². The van der Waals surface area contributed by atoms with E-state index in [-0.39, 0.29) is 22.4 Å². The van der Waals surface area contributed by atoms with E-state index in [1.165, 1.54) is 10.6 Å². The zero-order valence-corrected chi connectivity index (χ0v) is 10.0. The smallest absolute Gasteiger partial charge is 0.253 e. The molecular formula is C12H16N2O2. The molecule has 0 aliphatic heterocycles. The first-order valence-corrected chi connectivity index (χ1v) is 5.10. The van der Waals surface area contributed by atoms with Crippen LogP contribution >= 0.6 is 0 Å². The maximum Gasteiger partial charge on any atom is 0.253 e. The average Bonchev–Trinajstić information content (AvgIpc) is 2.11. The summed E-state index contributed by atoms with van der Waals surface area (Å²) in [6.45, 7) is 7.91. The van der Waals surface area contributed by atoms with E-state index in [1.807, 2.05) is 26.8 Å². The maximum absolute atomic E-state index is 11.7. The Hall–Kier alpha value is -1.76. The number of aryl methyl sites for hydroxylation is 1. The molecule has 1 aromatic heterocycles. The molecule has 0 saturated heterocycles. The second-order valence-corrected chi connectivity index (χ2v) is 5.12. The van der Waals surface area contributed by atoms with E-state index in [2.05, 4.69) is 0 Å². The van der Waals surface area contributed by atoms with E-state index in [0.29, 0.717) is 12.1 Å². The Kier molecular flexibility index (Phi) is 3.09. The summed E-state index contributed by atoms with van der Waals surface area (Å²) in [6.07, 6.45) is 0. The van der Waals surface area contributed by atoms with Gasteiger partial charge in [0, 0.05) is 12.6 Å². The second kappa shape index (κ2) is 4.01. The van der Waals surface area contributed by atoms with Crippen LogP contribution in [0.3, 0.4) is 0 Å². The van der Waals surface area contributed by atoms with Gasteiger partial charge in [0.2, 0.25) is 5.88 Å². The van der Waals surface area contributed by atoms with Crippen LogP contribution in [0.15, 0.2) is 10.9 Å². The zero-order valence-electron chi connectivity index (χ0n) is 10.0. The lowest BCUT2D eigenvalue weighted by Crippen LogP contribution is -2.27. The van der Waals surface area contributed by atoms with E-state index in [1.54, 1.807) is 6.92 Å². The lowest BCUT2D eigenvalue weighted by atomic mass is 9.96. The van der Waals surface area contributed by atoms with Crippen LogP contribution < -0.4 is 5.56 Å². The number of nitrogens with zero attached hydrogens (tertiary/aromatic N) is 2. The lowest BCUT2D eigenvalue weighted by molar-refractivity contribution is 0.303. The number of hydrogen-bond acceptors (Lipinski definition) is 3. The molecule has 0 spiro atoms. The summed E-state index contributed by atoms with van der Waals surface area (Å²) in [5.74, 6) is -0.234. The molecule has 0 aromatic carbocycles. The maximum atomic E-state index is 11.7. The van der Waals surface area contributed by atoms with Crippen molar-refractivity contribution in [2.24, 2.45) is 5.41 Å². The van der Waals surface area contributed by atoms with Crippen molar-refractivity contribution in [2.75, 3.05) is 0 Å². The molecule has 0 bridgehead atoms. The molecule has 16 heavy (non-hydrogen) atoms. The van der Waals surface area contributed by atoms with Gasteiger partial charge in [-0.05, 0) is 17.9 Å². The van der Waals surface area contributed by atoms with Crippen LogP contribution in [-0.4, -0.2) is 9.67 Å². The molecule has 86 valence electrons.